The summed E-state index contributed by atoms with van der Waals surface area (Å²) in [6.07, 6.45) is 5.17. The lowest BCUT2D eigenvalue weighted by atomic mass is 9.44. The van der Waals surface area contributed by atoms with Crippen LogP contribution in [-0.4, -0.2) is 24.1 Å². The van der Waals surface area contributed by atoms with Gasteiger partial charge in [-0.15, -0.1) is 0 Å². The van der Waals surface area contributed by atoms with Crippen molar-refractivity contribution in [3.63, 3.8) is 0 Å². The molecule has 4 nitrogen and oxygen atoms in total. The lowest BCUT2D eigenvalue weighted by molar-refractivity contribution is -0.197. The minimum absolute atomic E-state index is 0.0849. The topological polar surface area (TPSA) is 52.6 Å². The van der Waals surface area contributed by atoms with E-state index in [-0.39, 0.29) is 24.1 Å². The number of esters is 2. The van der Waals surface area contributed by atoms with Gasteiger partial charge in [-0.3, -0.25) is 9.59 Å². The van der Waals surface area contributed by atoms with Gasteiger partial charge < -0.3 is 9.47 Å². The van der Waals surface area contributed by atoms with E-state index in [4.69, 9.17) is 9.47 Å². The first-order valence-corrected chi connectivity index (χ1v) is 8.67. The first kappa shape index (κ1) is 15.8. The Bertz CT molecular complexity index is 425. The minimum Gasteiger partial charge on any atom is -0.463 e. The normalized spacial score (nSPS) is 39.4. The van der Waals surface area contributed by atoms with Crippen LogP contribution in [0.4, 0.5) is 0 Å². The third kappa shape index (κ3) is 2.55. The molecule has 0 saturated heterocycles. The highest BCUT2D eigenvalue weighted by Gasteiger charge is 2.64. The summed E-state index contributed by atoms with van der Waals surface area (Å²) in [7, 11) is 0. The quantitative estimate of drug-likeness (QED) is 0.746. The molecule has 124 valence electrons. The predicted molar refractivity (Wildman–Crippen MR) is 82.0 cm³/mol. The Morgan fingerprint density at radius 1 is 0.818 bits per heavy atom. The Labute approximate surface area is 132 Å². The average Bonchev–Trinajstić information content (AvgIpc) is 2.35. The summed E-state index contributed by atoms with van der Waals surface area (Å²) in [5, 5.41) is 0. The average molecular weight is 308 g/mol. The number of hydrogen-bond acceptors (Lipinski definition) is 4. The van der Waals surface area contributed by atoms with E-state index in [1.54, 1.807) is 0 Å². The fourth-order valence-corrected chi connectivity index (χ4v) is 5.42. The Morgan fingerprint density at radius 2 is 1.18 bits per heavy atom. The van der Waals surface area contributed by atoms with Gasteiger partial charge in [-0.25, -0.2) is 0 Å². The molecule has 4 rings (SSSR count). The summed E-state index contributed by atoms with van der Waals surface area (Å²) in [5.74, 6) is 0.776. The second-order valence-corrected chi connectivity index (χ2v) is 8.43. The Hall–Kier alpha value is -1.06. The SMILES string of the molecule is CC(C)OC(=O)C12CC3CC(C1)CC(C(=O)OC(C)C)(C3)C2. The number of carbonyl (C=O) groups excluding carboxylic acids is 2. The highest BCUT2D eigenvalue weighted by atomic mass is 16.5. The molecule has 22 heavy (non-hydrogen) atoms. The zero-order valence-corrected chi connectivity index (χ0v) is 14.2. The van der Waals surface area contributed by atoms with Crippen molar-refractivity contribution in [2.45, 2.75) is 78.4 Å². The van der Waals surface area contributed by atoms with E-state index in [1.807, 2.05) is 27.7 Å². The van der Waals surface area contributed by atoms with Crippen LogP contribution >= 0.6 is 0 Å². The van der Waals surface area contributed by atoms with Crippen molar-refractivity contribution in [2.75, 3.05) is 0 Å². The molecule has 0 aromatic carbocycles. The van der Waals surface area contributed by atoms with Crippen LogP contribution in [0.15, 0.2) is 0 Å². The van der Waals surface area contributed by atoms with E-state index in [9.17, 15) is 9.59 Å². The van der Waals surface area contributed by atoms with Gasteiger partial charge in [-0.2, -0.15) is 0 Å². The molecule has 0 heterocycles. The summed E-state index contributed by atoms with van der Waals surface area (Å²) in [5.41, 5.74) is -0.880. The molecule has 4 aliphatic carbocycles. The molecule has 0 aromatic rings. The number of carbonyl (C=O) groups is 2. The molecule has 0 radical (unpaired) electrons. The molecule has 0 N–H and O–H groups in total. The third-order valence-electron chi connectivity index (χ3n) is 5.61. The molecule has 0 amide bonds. The second kappa shape index (κ2) is 5.24. The van der Waals surface area contributed by atoms with Crippen molar-refractivity contribution >= 4 is 11.9 Å². The maximum atomic E-state index is 12.7. The van der Waals surface area contributed by atoms with Gasteiger partial charge >= 0.3 is 11.9 Å². The van der Waals surface area contributed by atoms with E-state index < -0.39 is 10.8 Å². The lowest BCUT2D eigenvalue weighted by Gasteiger charge is -2.59. The first-order chi connectivity index (χ1) is 10.2. The van der Waals surface area contributed by atoms with Crippen LogP contribution in [0.3, 0.4) is 0 Å². The van der Waals surface area contributed by atoms with Crippen LogP contribution in [-0.2, 0) is 19.1 Å². The molecule has 4 bridgehead atoms. The first-order valence-electron chi connectivity index (χ1n) is 8.67. The van der Waals surface area contributed by atoms with E-state index in [0.29, 0.717) is 18.3 Å². The summed E-state index contributed by atoms with van der Waals surface area (Å²) in [6.45, 7) is 7.56. The summed E-state index contributed by atoms with van der Waals surface area (Å²) < 4.78 is 11.1. The largest absolute Gasteiger partial charge is 0.463 e. The van der Waals surface area contributed by atoms with Crippen molar-refractivity contribution in [3.05, 3.63) is 0 Å². The Morgan fingerprint density at radius 3 is 1.50 bits per heavy atom. The predicted octanol–water partition coefficient (Wildman–Crippen LogP) is 3.48. The van der Waals surface area contributed by atoms with Gasteiger partial charge in [0.05, 0.1) is 23.0 Å². The molecule has 4 aliphatic rings. The molecule has 0 atom stereocenters. The van der Waals surface area contributed by atoms with Gasteiger partial charge in [0.25, 0.3) is 0 Å². The Balaban J connectivity index is 1.86. The van der Waals surface area contributed by atoms with Crippen molar-refractivity contribution in [1.29, 1.82) is 0 Å². The van der Waals surface area contributed by atoms with Crippen molar-refractivity contribution < 1.29 is 19.1 Å². The van der Waals surface area contributed by atoms with Gasteiger partial charge in [0.15, 0.2) is 0 Å². The summed E-state index contributed by atoms with van der Waals surface area (Å²) >= 11 is 0. The van der Waals surface area contributed by atoms with Crippen molar-refractivity contribution in [2.24, 2.45) is 22.7 Å². The lowest BCUT2D eigenvalue weighted by Crippen LogP contribution is -2.58. The van der Waals surface area contributed by atoms with Gasteiger partial charge in [-0.05, 0) is 78.1 Å². The fraction of sp³-hybridized carbons (Fsp3) is 0.889. The van der Waals surface area contributed by atoms with E-state index >= 15 is 0 Å². The third-order valence-corrected chi connectivity index (χ3v) is 5.61. The molecular weight excluding hydrogens is 280 g/mol. The summed E-state index contributed by atoms with van der Waals surface area (Å²) in [6, 6.07) is 0. The highest BCUT2D eigenvalue weighted by molar-refractivity contribution is 5.83. The highest BCUT2D eigenvalue weighted by Crippen LogP contribution is 2.66. The number of ether oxygens (including phenoxy) is 2. The second-order valence-electron chi connectivity index (χ2n) is 8.43. The van der Waals surface area contributed by atoms with Crippen LogP contribution in [0.5, 0.6) is 0 Å². The van der Waals surface area contributed by atoms with Crippen LogP contribution < -0.4 is 0 Å². The minimum atomic E-state index is -0.440. The van der Waals surface area contributed by atoms with Crippen molar-refractivity contribution in [3.8, 4) is 0 Å². The molecule has 0 spiro atoms. The van der Waals surface area contributed by atoms with Gasteiger partial charge in [0, 0.05) is 0 Å². The van der Waals surface area contributed by atoms with Crippen LogP contribution in [0.1, 0.15) is 66.2 Å². The molecule has 4 fully saturated rings. The monoisotopic (exact) mass is 308 g/mol. The fourth-order valence-electron chi connectivity index (χ4n) is 5.42. The molecule has 4 saturated carbocycles. The zero-order valence-electron chi connectivity index (χ0n) is 14.2. The molecule has 0 unspecified atom stereocenters. The number of hydrogen-bond donors (Lipinski definition) is 0. The van der Waals surface area contributed by atoms with Crippen LogP contribution in [0.2, 0.25) is 0 Å². The Kier molecular flexibility index (Phi) is 3.77. The molecule has 0 aliphatic heterocycles. The molecular formula is C18H28O4. The summed E-state index contributed by atoms with van der Waals surface area (Å²) in [4.78, 5) is 25.4. The van der Waals surface area contributed by atoms with Gasteiger partial charge in [0.2, 0.25) is 0 Å². The van der Waals surface area contributed by atoms with Crippen molar-refractivity contribution in [1.82, 2.24) is 0 Å². The molecule has 0 aromatic heterocycles. The maximum Gasteiger partial charge on any atom is 0.312 e. The standard InChI is InChI=1S/C18H28O4/c1-11(2)21-15(19)17-6-13-5-14(7-17)9-18(8-13,10-17)16(20)22-12(3)4/h11-14H,5-10H2,1-4H3. The van der Waals surface area contributed by atoms with Gasteiger partial charge in [-0.1, -0.05) is 0 Å². The maximum absolute atomic E-state index is 12.7. The van der Waals surface area contributed by atoms with E-state index in [2.05, 4.69) is 0 Å². The van der Waals surface area contributed by atoms with Gasteiger partial charge in [0.1, 0.15) is 0 Å². The smallest absolute Gasteiger partial charge is 0.312 e. The van der Waals surface area contributed by atoms with E-state index in [1.165, 1.54) is 0 Å². The zero-order chi connectivity index (χ0) is 16.1. The molecule has 4 heteroatoms. The van der Waals surface area contributed by atoms with Crippen LogP contribution in [0, 0.1) is 22.7 Å². The van der Waals surface area contributed by atoms with E-state index in [0.717, 1.165) is 32.1 Å². The number of rotatable bonds is 4. The van der Waals surface area contributed by atoms with Crippen LogP contribution in [0.25, 0.3) is 0 Å².